The molecule has 4 atom stereocenters. The highest BCUT2D eigenvalue weighted by Gasteiger charge is 2.46. The van der Waals surface area contributed by atoms with Gasteiger partial charge in [-0.05, 0) is 20.8 Å². The van der Waals surface area contributed by atoms with Crippen LogP contribution in [0.5, 0.6) is 0 Å². The standard InChI is InChI=1S/C14H20FN3O7/c1-14(2,3)25-13(24)18-5-7(19)8(20)9(21)11(18)17-4-6(15)10(22)16-12(17)23/h4,7-9,11,19-21H,5H2,1-3H3,(H,16,22,23)/t7-,8+,9-,11-/m0/s1. The SMILES string of the molecule is CC(C)(C)OC(=O)N1C[C@H](O)[C@@H](O)[C@H](O)[C@H]1n1cc(F)c(=O)[nH]c1=O. The van der Waals surface area contributed by atoms with E-state index in [1.54, 1.807) is 25.8 Å². The van der Waals surface area contributed by atoms with Crippen molar-refractivity contribution in [3.63, 3.8) is 0 Å². The molecule has 25 heavy (non-hydrogen) atoms. The predicted octanol–water partition coefficient (Wildman–Crippen LogP) is -1.49. The van der Waals surface area contributed by atoms with Crippen molar-refractivity contribution >= 4 is 6.09 Å². The molecular formula is C14H20FN3O7. The largest absolute Gasteiger partial charge is 0.444 e. The molecule has 0 radical (unpaired) electrons. The number of ether oxygens (including phenoxy) is 1. The summed E-state index contributed by atoms with van der Waals surface area (Å²) in [5, 5.41) is 29.9. The van der Waals surface area contributed by atoms with Crippen LogP contribution in [0.3, 0.4) is 0 Å². The van der Waals surface area contributed by atoms with Gasteiger partial charge in [-0.2, -0.15) is 4.39 Å². The molecule has 0 bridgehead atoms. The van der Waals surface area contributed by atoms with Gasteiger partial charge in [0.05, 0.1) is 12.7 Å². The Kier molecular flexibility index (Phi) is 5.02. The molecule has 1 aromatic heterocycles. The molecule has 1 saturated heterocycles. The number of β-amino-alcohol motifs (C(OH)–C–C–N with tert-alkyl or cyclic N) is 1. The van der Waals surface area contributed by atoms with Crippen molar-refractivity contribution in [3.8, 4) is 0 Å². The third kappa shape index (κ3) is 3.89. The van der Waals surface area contributed by atoms with E-state index in [1.807, 2.05) is 0 Å². The van der Waals surface area contributed by atoms with Crippen LogP contribution in [0.15, 0.2) is 15.8 Å². The molecule has 1 amide bonds. The highest BCUT2D eigenvalue weighted by Crippen LogP contribution is 2.28. The first kappa shape index (κ1) is 19.1. The molecular weight excluding hydrogens is 341 g/mol. The predicted molar refractivity (Wildman–Crippen MR) is 81.3 cm³/mol. The number of likely N-dealkylation sites (tertiary alicyclic amines) is 1. The molecule has 1 aromatic rings. The maximum Gasteiger partial charge on any atom is 0.412 e. The van der Waals surface area contributed by atoms with Crippen LogP contribution in [-0.4, -0.2) is 66.3 Å². The molecule has 0 aromatic carbocycles. The monoisotopic (exact) mass is 361 g/mol. The fraction of sp³-hybridized carbons (Fsp3) is 0.643. The van der Waals surface area contributed by atoms with Gasteiger partial charge in [-0.15, -0.1) is 0 Å². The highest BCUT2D eigenvalue weighted by atomic mass is 19.1. The van der Waals surface area contributed by atoms with Gasteiger partial charge in [-0.3, -0.25) is 19.2 Å². The van der Waals surface area contributed by atoms with Crippen molar-refractivity contribution in [2.45, 2.75) is 50.8 Å². The van der Waals surface area contributed by atoms with Crippen LogP contribution in [-0.2, 0) is 4.74 Å². The number of aliphatic hydroxyl groups excluding tert-OH is 3. The van der Waals surface area contributed by atoms with Crippen LogP contribution in [0.4, 0.5) is 9.18 Å². The summed E-state index contributed by atoms with van der Waals surface area (Å²) in [5.41, 5.74) is -3.29. The van der Waals surface area contributed by atoms with E-state index in [1.165, 1.54) is 0 Å². The van der Waals surface area contributed by atoms with Gasteiger partial charge >= 0.3 is 11.8 Å². The van der Waals surface area contributed by atoms with Gasteiger partial charge in [0.25, 0.3) is 5.56 Å². The molecule has 1 aliphatic rings. The van der Waals surface area contributed by atoms with E-state index in [9.17, 15) is 34.1 Å². The Hall–Kier alpha value is -2.24. The molecule has 0 aliphatic carbocycles. The van der Waals surface area contributed by atoms with Gasteiger partial charge < -0.3 is 20.1 Å². The minimum absolute atomic E-state index is 0.481. The molecule has 2 heterocycles. The summed E-state index contributed by atoms with van der Waals surface area (Å²) in [7, 11) is 0. The lowest BCUT2D eigenvalue weighted by atomic mass is 9.98. The van der Waals surface area contributed by atoms with E-state index in [-0.39, 0.29) is 0 Å². The Bertz CT molecular complexity index is 769. The molecule has 4 N–H and O–H groups in total. The first-order valence-corrected chi connectivity index (χ1v) is 7.47. The average molecular weight is 361 g/mol. The molecule has 0 spiro atoms. The quantitative estimate of drug-likeness (QED) is 0.477. The van der Waals surface area contributed by atoms with Gasteiger partial charge in [-0.25, -0.2) is 9.59 Å². The lowest BCUT2D eigenvalue weighted by molar-refractivity contribution is -0.152. The van der Waals surface area contributed by atoms with Crippen LogP contribution in [0.25, 0.3) is 0 Å². The van der Waals surface area contributed by atoms with Gasteiger partial charge in [0.15, 0.2) is 0 Å². The van der Waals surface area contributed by atoms with Crippen LogP contribution in [0.1, 0.15) is 26.9 Å². The maximum atomic E-state index is 13.6. The number of aromatic nitrogens is 2. The Labute approximate surface area is 141 Å². The summed E-state index contributed by atoms with van der Waals surface area (Å²) in [6, 6.07) is 0. The van der Waals surface area contributed by atoms with E-state index >= 15 is 0 Å². The second-order valence-electron chi connectivity index (χ2n) is 6.74. The van der Waals surface area contributed by atoms with Crippen LogP contribution in [0.2, 0.25) is 0 Å². The summed E-state index contributed by atoms with van der Waals surface area (Å²) in [6.45, 7) is 4.26. The third-order valence-corrected chi connectivity index (χ3v) is 3.59. The number of rotatable bonds is 1. The molecule has 140 valence electrons. The van der Waals surface area contributed by atoms with Crippen molar-refractivity contribution in [2.75, 3.05) is 6.54 Å². The van der Waals surface area contributed by atoms with E-state index in [2.05, 4.69) is 0 Å². The molecule has 11 heteroatoms. The van der Waals surface area contributed by atoms with Gasteiger partial charge in [0, 0.05) is 0 Å². The number of carbonyl (C=O) groups excluding carboxylic acids is 1. The first-order chi connectivity index (χ1) is 11.4. The van der Waals surface area contributed by atoms with Crippen LogP contribution >= 0.6 is 0 Å². The summed E-state index contributed by atoms with van der Waals surface area (Å²) in [4.78, 5) is 38.0. The maximum absolute atomic E-state index is 13.6. The van der Waals surface area contributed by atoms with Crippen molar-refractivity contribution < 1.29 is 29.2 Å². The number of hydrogen-bond donors (Lipinski definition) is 4. The molecule has 1 aliphatic heterocycles. The number of carbonyl (C=O) groups is 1. The van der Waals surface area contributed by atoms with Gasteiger partial charge in [-0.1, -0.05) is 0 Å². The van der Waals surface area contributed by atoms with Crippen molar-refractivity contribution in [2.24, 2.45) is 0 Å². The molecule has 10 nitrogen and oxygen atoms in total. The topological polar surface area (TPSA) is 145 Å². The normalized spacial score (nSPS) is 27.2. The Morgan fingerprint density at radius 3 is 2.44 bits per heavy atom. The Morgan fingerprint density at radius 2 is 1.88 bits per heavy atom. The minimum Gasteiger partial charge on any atom is -0.444 e. The lowest BCUT2D eigenvalue weighted by Crippen LogP contribution is -2.62. The first-order valence-electron chi connectivity index (χ1n) is 7.47. The minimum atomic E-state index is -1.83. The number of piperidine rings is 1. The smallest absolute Gasteiger partial charge is 0.412 e. The van der Waals surface area contributed by atoms with Crippen molar-refractivity contribution in [1.29, 1.82) is 0 Å². The molecule has 0 saturated carbocycles. The fourth-order valence-corrected chi connectivity index (χ4v) is 2.48. The zero-order valence-electron chi connectivity index (χ0n) is 13.8. The second-order valence-corrected chi connectivity index (χ2v) is 6.74. The Morgan fingerprint density at radius 1 is 1.28 bits per heavy atom. The summed E-state index contributed by atoms with van der Waals surface area (Å²) in [5.74, 6) is -1.32. The fourth-order valence-electron chi connectivity index (χ4n) is 2.48. The number of nitrogens with one attached hydrogen (secondary N) is 1. The number of hydrogen-bond acceptors (Lipinski definition) is 7. The zero-order valence-corrected chi connectivity index (χ0v) is 13.8. The van der Waals surface area contributed by atoms with Crippen molar-refractivity contribution in [1.82, 2.24) is 14.5 Å². The summed E-state index contributed by atoms with van der Waals surface area (Å²) < 4.78 is 19.3. The summed E-state index contributed by atoms with van der Waals surface area (Å²) >= 11 is 0. The molecule has 2 rings (SSSR count). The van der Waals surface area contributed by atoms with E-state index in [0.717, 1.165) is 4.90 Å². The van der Waals surface area contributed by atoms with Crippen molar-refractivity contribution in [3.05, 3.63) is 32.9 Å². The van der Waals surface area contributed by atoms with Gasteiger partial charge in [0.2, 0.25) is 5.82 Å². The van der Waals surface area contributed by atoms with Crippen LogP contribution < -0.4 is 11.2 Å². The average Bonchev–Trinajstić information content (AvgIpc) is 2.47. The molecule has 1 fully saturated rings. The van der Waals surface area contributed by atoms with E-state index < -0.39 is 59.8 Å². The van der Waals surface area contributed by atoms with Gasteiger partial charge in [0.1, 0.15) is 30.1 Å². The number of H-pyrrole nitrogens is 1. The van der Waals surface area contributed by atoms with Crippen LogP contribution in [0, 0.1) is 5.82 Å². The lowest BCUT2D eigenvalue weighted by Gasteiger charge is -2.44. The number of halogens is 1. The number of amides is 1. The van der Waals surface area contributed by atoms with E-state index in [0.29, 0.717) is 10.8 Å². The Balaban J connectivity index is 2.52. The molecule has 0 unspecified atom stereocenters. The number of aromatic amines is 1. The zero-order chi connectivity index (χ0) is 19.1. The number of nitrogens with zero attached hydrogens (tertiary/aromatic N) is 2. The highest BCUT2D eigenvalue weighted by molar-refractivity contribution is 5.68. The summed E-state index contributed by atoms with van der Waals surface area (Å²) in [6.07, 6.45) is -7.13. The second kappa shape index (κ2) is 6.58. The number of aliphatic hydroxyl groups is 3. The third-order valence-electron chi connectivity index (χ3n) is 3.59. The van der Waals surface area contributed by atoms with E-state index in [4.69, 9.17) is 4.74 Å².